The van der Waals surface area contributed by atoms with Gasteiger partial charge in [0.1, 0.15) is 5.52 Å². The molecule has 3 rings (SSSR count). The van der Waals surface area contributed by atoms with Crippen LogP contribution in [0.1, 0.15) is 24.3 Å². The molecular formula is C14H17N3O2. The van der Waals surface area contributed by atoms with Gasteiger partial charge < -0.3 is 4.42 Å². The highest BCUT2D eigenvalue weighted by Gasteiger charge is 2.51. The molecule has 0 bridgehead atoms. The summed E-state index contributed by atoms with van der Waals surface area (Å²) in [6.07, 6.45) is 1.77. The number of oxazole rings is 1. The molecule has 100 valence electrons. The topological polar surface area (TPSA) is 58.4 Å². The maximum Gasteiger partial charge on any atom is 0.244 e. The lowest BCUT2D eigenvalue weighted by atomic mass is 9.95. The summed E-state index contributed by atoms with van der Waals surface area (Å²) in [5.41, 5.74) is 5.07. The molecule has 0 spiro atoms. The Bertz CT molecular complexity index is 641. The number of rotatable bonds is 3. The Morgan fingerprint density at radius 3 is 2.79 bits per heavy atom. The van der Waals surface area contributed by atoms with Gasteiger partial charge in [-0.3, -0.25) is 10.2 Å². The number of hydrogen-bond acceptors (Lipinski definition) is 4. The van der Waals surface area contributed by atoms with Gasteiger partial charge in [-0.1, -0.05) is 6.07 Å². The molecule has 0 saturated heterocycles. The number of carbonyl (C=O) groups excluding carboxylic acids is 1. The van der Waals surface area contributed by atoms with E-state index >= 15 is 0 Å². The number of nitrogens with one attached hydrogen (secondary N) is 1. The van der Waals surface area contributed by atoms with Gasteiger partial charge >= 0.3 is 0 Å². The first-order chi connectivity index (χ1) is 9.01. The second-order valence-electron chi connectivity index (χ2n) is 5.33. The second-order valence-corrected chi connectivity index (χ2v) is 5.33. The van der Waals surface area contributed by atoms with Crippen molar-refractivity contribution in [2.75, 3.05) is 14.1 Å². The van der Waals surface area contributed by atoms with Gasteiger partial charge in [0.2, 0.25) is 5.91 Å². The van der Waals surface area contributed by atoms with E-state index < -0.39 is 0 Å². The number of amides is 1. The fourth-order valence-corrected chi connectivity index (χ4v) is 2.42. The van der Waals surface area contributed by atoms with Crippen molar-refractivity contribution in [3.63, 3.8) is 0 Å². The van der Waals surface area contributed by atoms with E-state index in [1.165, 1.54) is 0 Å². The van der Waals surface area contributed by atoms with Gasteiger partial charge in [0, 0.05) is 21.0 Å². The van der Waals surface area contributed by atoms with Crippen LogP contribution in [-0.2, 0) is 10.2 Å². The summed E-state index contributed by atoms with van der Waals surface area (Å²) in [6.45, 7) is 1.82. The van der Waals surface area contributed by atoms with Gasteiger partial charge in [0.25, 0.3) is 0 Å². The van der Waals surface area contributed by atoms with Crippen molar-refractivity contribution in [3.05, 3.63) is 29.7 Å². The smallest absolute Gasteiger partial charge is 0.244 e. The third-order valence-corrected chi connectivity index (χ3v) is 3.56. The van der Waals surface area contributed by atoms with Gasteiger partial charge in [0.15, 0.2) is 11.5 Å². The molecule has 1 heterocycles. The standard InChI is InChI=1S/C14H17N3O2/c1-9-15-11-8-10(4-5-12(11)19-9)14(6-7-14)13(18)16-17(2)3/h4-5,8H,6-7H2,1-3H3,(H,16,18). The molecule has 1 N–H and O–H groups in total. The molecule has 5 heteroatoms. The fourth-order valence-electron chi connectivity index (χ4n) is 2.42. The molecule has 1 aromatic heterocycles. The second kappa shape index (κ2) is 4.06. The van der Waals surface area contributed by atoms with Gasteiger partial charge in [-0.25, -0.2) is 9.99 Å². The van der Waals surface area contributed by atoms with Crippen molar-refractivity contribution >= 4 is 17.0 Å². The van der Waals surface area contributed by atoms with Crippen LogP contribution < -0.4 is 5.43 Å². The minimum Gasteiger partial charge on any atom is -0.441 e. The number of carbonyl (C=O) groups is 1. The fraction of sp³-hybridized carbons (Fsp3) is 0.429. The lowest BCUT2D eigenvalue weighted by Crippen LogP contribution is -2.42. The van der Waals surface area contributed by atoms with Crippen molar-refractivity contribution in [1.82, 2.24) is 15.4 Å². The Balaban J connectivity index is 1.97. The Morgan fingerprint density at radius 1 is 1.42 bits per heavy atom. The van der Waals surface area contributed by atoms with E-state index in [-0.39, 0.29) is 11.3 Å². The summed E-state index contributed by atoms with van der Waals surface area (Å²) in [6, 6.07) is 5.83. The summed E-state index contributed by atoms with van der Waals surface area (Å²) < 4.78 is 5.46. The number of aryl methyl sites for hydroxylation is 1. The lowest BCUT2D eigenvalue weighted by molar-refractivity contribution is -0.127. The normalized spacial score (nSPS) is 16.8. The van der Waals surface area contributed by atoms with E-state index in [2.05, 4.69) is 10.4 Å². The van der Waals surface area contributed by atoms with E-state index in [1.807, 2.05) is 39.2 Å². The molecule has 0 unspecified atom stereocenters. The Kier molecular flexibility index (Phi) is 2.60. The zero-order valence-electron chi connectivity index (χ0n) is 11.4. The SMILES string of the molecule is Cc1nc2cc(C3(C(=O)NN(C)C)CC3)ccc2o1. The molecule has 0 aliphatic heterocycles. The average molecular weight is 259 g/mol. The van der Waals surface area contributed by atoms with Gasteiger partial charge in [-0.2, -0.15) is 0 Å². The first-order valence-corrected chi connectivity index (χ1v) is 6.37. The maximum atomic E-state index is 12.3. The van der Waals surface area contributed by atoms with Crippen molar-refractivity contribution in [1.29, 1.82) is 0 Å². The molecule has 19 heavy (non-hydrogen) atoms. The van der Waals surface area contributed by atoms with Crippen molar-refractivity contribution < 1.29 is 9.21 Å². The van der Waals surface area contributed by atoms with Crippen molar-refractivity contribution in [3.8, 4) is 0 Å². The summed E-state index contributed by atoms with van der Waals surface area (Å²) in [4.78, 5) is 16.6. The van der Waals surface area contributed by atoms with Crippen LogP contribution in [-0.4, -0.2) is 30.0 Å². The average Bonchev–Trinajstić information content (AvgIpc) is 3.05. The number of benzene rings is 1. The highest BCUT2D eigenvalue weighted by atomic mass is 16.3. The Morgan fingerprint density at radius 2 is 2.16 bits per heavy atom. The third kappa shape index (κ3) is 2.00. The van der Waals surface area contributed by atoms with Gasteiger partial charge in [-0.15, -0.1) is 0 Å². The molecule has 1 aliphatic rings. The molecule has 1 saturated carbocycles. The number of fused-ring (bicyclic) bond motifs is 1. The molecule has 5 nitrogen and oxygen atoms in total. The van der Waals surface area contributed by atoms with Crippen LogP contribution >= 0.6 is 0 Å². The predicted octanol–water partition coefficient (Wildman–Crippen LogP) is 1.76. The zero-order chi connectivity index (χ0) is 13.6. The van der Waals surface area contributed by atoms with Crippen LogP contribution in [0.5, 0.6) is 0 Å². The van der Waals surface area contributed by atoms with Crippen LogP contribution in [0.25, 0.3) is 11.1 Å². The minimum absolute atomic E-state index is 0.0528. The molecular weight excluding hydrogens is 242 g/mol. The van der Waals surface area contributed by atoms with E-state index in [0.717, 1.165) is 29.5 Å². The van der Waals surface area contributed by atoms with E-state index in [0.29, 0.717) is 5.89 Å². The first kappa shape index (κ1) is 12.2. The Hall–Kier alpha value is -1.88. The number of hydrazine groups is 1. The monoisotopic (exact) mass is 259 g/mol. The molecule has 1 fully saturated rings. The number of aromatic nitrogens is 1. The first-order valence-electron chi connectivity index (χ1n) is 6.37. The Labute approximate surface area is 111 Å². The molecule has 1 amide bonds. The highest BCUT2D eigenvalue weighted by Crippen LogP contribution is 2.48. The largest absolute Gasteiger partial charge is 0.441 e. The van der Waals surface area contributed by atoms with Crippen LogP contribution in [0, 0.1) is 6.92 Å². The minimum atomic E-state index is -0.384. The molecule has 0 atom stereocenters. The molecule has 1 aliphatic carbocycles. The van der Waals surface area contributed by atoms with E-state index in [9.17, 15) is 4.79 Å². The van der Waals surface area contributed by atoms with Crippen molar-refractivity contribution in [2.45, 2.75) is 25.2 Å². The van der Waals surface area contributed by atoms with Crippen molar-refractivity contribution in [2.24, 2.45) is 0 Å². The van der Waals surface area contributed by atoms with E-state index in [1.54, 1.807) is 5.01 Å². The molecule has 0 radical (unpaired) electrons. The third-order valence-electron chi connectivity index (χ3n) is 3.56. The summed E-state index contributed by atoms with van der Waals surface area (Å²) in [5, 5.41) is 1.68. The molecule has 2 aromatic rings. The van der Waals surface area contributed by atoms with Gasteiger partial charge in [0.05, 0.1) is 5.41 Å². The van der Waals surface area contributed by atoms with Crippen LogP contribution in [0.2, 0.25) is 0 Å². The quantitative estimate of drug-likeness (QED) is 0.853. The van der Waals surface area contributed by atoms with Crippen LogP contribution in [0.3, 0.4) is 0 Å². The summed E-state index contributed by atoms with van der Waals surface area (Å²) >= 11 is 0. The van der Waals surface area contributed by atoms with Crippen LogP contribution in [0.4, 0.5) is 0 Å². The maximum absolute atomic E-state index is 12.3. The zero-order valence-corrected chi connectivity index (χ0v) is 11.4. The lowest BCUT2D eigenvalue weighted by Gasteiger charge is -2.19. The number of nitrogens with zero attached hydrogens (tertiary/aromatic N) is 2. The summed E-state index contributed by atoms with van der Waals surface area (Å²) in [7, 11) is 3.64. The highest BCUT2D eigenvalue weighted by molar-refractivity contribution is 5.92. The molecule has 1 aromatic carbocycles. The van der Waals surface area contributed by atoms with Crippen LogP contribution in [0.15, 0.2) is 22.6 Å². The van der Waals surface area contributed by atoms with E-state index in [4.69, 9.17) is 4.42 Å². The van der Waals surface area contributed by atoms with Gasteiger partial charge in [-0.05, 0) is 30.5 Å². The predicted molar refractivity (Wildman–Crippen MR) is 71.5 cm³/mol. The summed E-state index contributed by atoms with van der Waals surface area (Å²) in [5.74, 6) is 0.701. The number of hydrogen-bond donors (Lipinski definition) is 1.